The highest BCUT2D eigenvalue weighted by Gasteiger charge is 2.42. The molecule has 4 aromatic rings. The van der Waals surface area contributed by atoms with Gasteiger partial charge in [0.2, 0.25) is 0 Å². The van der Waals surface area contributed by atoms with Crippen molar-refractivity contribution in [1.82, 2.24) is 15.1 Å². The minimum absolute atomic E-state index is 0.128. The summed E-state index contributed by atoms with van der Waals surface area (Å²) < 4.78 is 0. The smallest absolute Gasteiger partial charge is 0.273 e. The molecule has 1 aromatic heterocycles. The van der Waals surface area contributed by atoms with Crippen molar-refractivity contribution in [3.05, 3.63) is 105 Å². The zero-order valence-corrected chi connectivity index (χ0v) is 18.5. The molecule has 1 aliphatic rings. The van der Waals surface area contributed by atoms with E-state index < -0.39 is 0 Å². The number of fused-ring (bicyclic) bond motifs is 1. The summed E-state index contributed by atoms with van der Waals surface area (Å²) in [4.78, 5) is 15.3. The molecule has 0 aliphatic carbocycles. The van der Waals surface area contributed by atoms with Crippen molar-refractivity contribution < 1.29 is 9.90 Å². The lowest BCUT2D eigenvalue weighted by Crippen LogP contribution is -2.29. The fourth-order valence-electron chi connectivity index (χ4n) is 4.51. The molecular formula is C26H22ClN3O2. The van der Waals surface area contributed by atoms with E-state index in [-0.39, 0.29) is 17.7 Å². The van der Waals surface area contributed by atoms with Crippen LogP contribution >= 0.6 is 11.6 Å². The summed E-state index contributed by atoms with van der Waals surface area (Å²) >= 11 is 6.33. The van der Waals surface area contributed by atoms with Crippen LogP contribution in [0.15, 0.2) is 66.7 Å². The van der Waals surface area contributed by atoms with E-state index in [9.17, 15) is 9.90 Å². The molecule has 0 radical (unpaired) electrons. The first-order valence-corrected chi connectivity index (χ1v) is 10.8. The highest BCUT2D eigenvalue weighted by atomic mass is 35.5. The van der Waals surface area contributed by atoms with Gasteiger partial charge in [0.1, 0.15) is 17.1 Å². The summed E-state index contributed by atoms with van der Waals surface area (Å²) in [5.41, 5.74) is 6.10. The van der Waals surface area contributed by atoms with Crippen molar-refractivity contribution in [2.75, 3.05) is 0 Å². The average molecular weight is 444 g/mol. The van der Waals surface area contributed by atoms with E-state index in [1.54, 1.807) is 0 Å². The second kappa shape index (κ2) is 7.84. The van der Waals surface area contributed by atoms with Crippen LogP contribution in [0.25, 0.3) is 11.3 Å². The van der Waals surface area contributed by atoms with Crippen LogP contribution in [0.5, 0.6) is 5.75 Å². The third-order valence-corrected chi connectivity index (χ3v) is 6.16. The lowest BCUT2D eigenvalue weighted by Gasteiger charge is -2.27. The van der Waals surface area contributed by atoms with Crippen molar-refractivity contribution in [2.24, 2.45) is 0 Å². The molecule has 1 unspecified atom stereocenters. The topological polar surface area (TPSA) is 69.2 Å². The number of benzene rings is 3. The first kappa shape index (κ1) is 20.3. The minimum Gasteiger partial charge on any atom is -0.507 e. The molecule has 0 bridgehead atoms. The van der Waals surface area contributed by atoms with Crippen LogP contribution in [0, 0.1) is 13.8 Å². The van der Waals surface area contributed by atoms with E-state index >= 15 is 0 Å². The number of aryl methyl sites for hydroxylation is 2. The molecule has 0 spiro atoms. The Labute approximate surface area is 191 Å². The van der Waals surface area contributed by atoms with Gasteiger partial charge in [-0.1, -0.05) is 60.1 Å². The molecule has 0 fully saturated rings. The molecule has 5 rings (SSSR count). The highest BCUT2D eigenvalue weighted by Crippen LogP contribution is 2.46. The number of carbonyl (C=O) groups excluding carboxylic acids is 1. The van der Waals surface area contributed by atoms with E-state index in [4.69, 9.17) is 11.6 Å². The van der Waals surface area contributed by atoms with Gasteiger partial charge >= 0.3 is 0 Å². The van der Waals surface area contributed by atoms with Crippen molar-refractivity contribution in [3.63, 3.8) is 0 Å². The third-order valence-electron chi connectivity index (χ3n) is 5.92. The molecule has 160 valence electrons. The number of aromatic nitrogens is 2. The number of halogens is 1. The number of H-pyrrole nitrogens is 1. The fraction of sp³-hybridized carbons (Fsp3) is 0.154. The van der Waals surface area contributed by atoms with Gasteiger partial charge < -0.3 is 10.0 Å². The summed E-state index contributed by atoms with van der Waals surface area (Å²) in [6.07, 6.45) is 0. The van der Waals surface area contributed by atoms with Gasteiger partial charge in [-0.25, -0.2) is 0 Å². The molecular weight excluding hydrogens is 422 g/mol. The number of aromatic amines is 1. The van der Waals surface area contributed by atoms with Crippen LogP contribution in [-0.4, -0.2) is 26.1 Å². The first-order valence-electron chi connectivity index (χ1n) is 10.4. The zero-order valence-electron chi connectivity index (χ0n) is 17.8. The number of nitrogens with zero attached hydrogens (tertiary/aromatic N) is 2. The molecule has 2 heterocycles. The van der Waals surface area contributed by atoms with E-state index in [0.717, 1.165) is 27.8 Å². The standard InChI is InChI=1S/C26H22ClN3O2/c1-15-11-16(2)25(31)20(12-15)22-21-23(29-28-22)26(32)30(14-17-7-4-3-5-8-17)24(21)18-9-6-10-19(27)13-18/h3-13,24,31H,14H2,1-2H3,(H,28,29). The maximum atomic E-state index is 13.5. The molecule has 32 heavy (non-hydrogen) atoms. The number of carbonyl (C=O) groups is 1. The van der Waals surface area contributed by atoms with E-state index in [1.165, 1.54) is 0 Å². The number of nitrogens with one attached hydrogen (secondary N) is 1. The maximum Gasteiger partial charge on any atom is 0.273 e. The highest BCUT2D eigenvalue weighted by molar-refractivity contribution is 6.30. The molecule has 1 aliphatic heterocycles. The molecule has 5 nitrogen and oxygen atoms in total. The van der Waals surface area contributed by atoms with Crippen molar-refractivity contribution >= 4 is 17.5 Å². The molecule has 3 aromatic carbocycles. The number of hydrogen-bond donors (Lipinski definition) is 2. The van der Waals surface area contributed by atoms with Gasteiger partial charge in [0, 0.05) is 22.7 Å². The SMILES string of the molecule is Cc1cc(C)c(O)c(-c2n[nH]c3c2C(c2cccc(Cl)c2)N(Cc2ccccc2)C3=O)c1. The second-order valence-electron chi connectivity index (χ2n) is 8.22. The van der Waals surface area contributed by atoms with Gasteiger partial charge in [-0.2, -0.15) is 5.10 Å². The van der Waals surface area contributed by atoms with Gasteiger partial charge in [-0.05, 0) is 54.3 Å². The number of phenolic OH excluding ortho intramolecular Hbond substituents is 1. The Morgan fingerprint density at radius 3 is 2.59 bits per heavy atom. The van der Waals surface area contributed by atoms with Crippen molar-refractivity contribution in [2.45, 2.75) is 26.4 Å². The Morgan fingerprint density at radius 2 is 1.84 bits per heavy atom. The van der Waals surface area contributed by atoms with Crippen LogP contribution < -0.4 is 0 Å². The second-order valence-corrected chi connectivity index (χ2v) is 8.65. The normalized spacial score (nSPS) is 15.3. The van der Waals surface area contributed by atoms with Gasteiger partial charge in [0.05, 0.1) is 6.04 Å². The number of phenols is 1. The Hall–Kier alpha value is -3.57. The Kier molecular flexibility index (Phi) is 4.98. The number of aromatic hydroxyl groups is 1. The van der Waals surface area contributed by atoms with Crippen molar-refractivity contribution in [3.8, 4) is 17.0 Å². The summed E-state index contributed by atoms with van der Waals surface area (Å²) in [5.74, 6) is 0.0418. The first-order chi connectivity index (χ1) is 15.4. The van der Waals surface area contributed by atoms with Crippen LogP contribution in [0.1, 0.15) is 44.3 Å². The summed E-state index contributed by atoms with van der Waals surface area (Å²) in [7, 11) is 0. The fourth-order valence-corrected chi connectivity index (χ4v) is 4.71. The summed E-state index contributed by atoms with van der Waals surface area (Å²) in [5, 5.41) is 18.8. The van der Waals surface area contributed by atoms with Gasteiger partial charge in [0.25, 0.3) is 5.91 Å². The van der Waals surface area contributed by atoms with Crippen LogP contribution in [0.4, 0.5) is 0 Å². The Morgan fingerprint density at radius 1 is 1.06 bits per heavy atom. The lowest BCUT2D eigenvalue weighted by atomic mass is 9.94. The minimum atomic E-state index is -0.384. The maximum absolute atomic E-state index is 13.5. The predicted molar refractivity (Wildman–Crippen MR) is 125 cm³/mol. The molecule has 1 atom stereocenters. The molecule has 2 N–H and O–H groups in total. The van der Waals surface area contributed by atoms with Crippen molar-refractivity contribution in [1.29, 1.82) is 0 Å². The van der Waals surface area contributed by atoms with E-state index in [0.29, 0.717) is 28.5 Å². The molecule has 0 saturated carbocycles. The molecule has 6 heteroatoms. The Balaban J connectivity index is 1.70. The quantitative estimate of drug-likeness (QED) is 0.419. The largest absolute Gasteiger partial charge is 0.507 e. The number of rotatable bonds is 4. The lowest BCUT2D eigenvalue weighted by molar-refractivity contribution is 0.0730. The van der Waals surface area contributed by atoms with E-state index in [2.05, 4.69) is 10.2 Å². The van der Waals surface area contributed by atoms with Crippen LogP contribution in [-0.2, 0) is 6.54 Å². The average Bonchev–Trinajstić information content (AvgIpc) is 3.31. The van der Waals surface area contributed by atoms with Gasteiger partial charge in [-0.3, -0.25) is 9.89 Å². The molecule has 1 amide bonds. The Bertz CT molecular complexity index is 1330. The van der Waals surface area contributed by atoms with Crippen LogP contribution in [0.2, 0.25) is 5.02 Å². The predicted octanol–water partition coefficient (Wildman–Crippen LogP) is 5.80. The summed E-state index contributed by atoms with van der Waals surface area (Å²) in [6, 6.07) is 20.9. The third kappa shape index (κ3) is 3.35. The number of amides is 1. The molecule has 0 saturated heterocycles. The monoisotopic (exact) mass is 443 g/mol. The van der Waals surface area contributed by atoms with Crippen LogP contribution in [0.3, 0.4) is 0 Å². The van der Waals surface area contributed by atoms with Gasteiger partial charge in [-0.15, -0.1) is 0 Å². The summed E-state index contributed by atoms with van der Waals surface area (Å²) in [6.45, 7) is 4.28. The zero-order chi connectivity index (χ0) is 22.4. The van der Waals surface area contributed by atoms with Gasteiger partial charge in [0.15, 0.2) is 0 Å². The van der Waals surface area contributed by atoms with E-state index in [1.807, 2.05) is 85.5 Å². The number of hydrogen-bond acceptors (Lipinski definition) is 3.